The van der Waals surface area contributed by atoms with Crippen molar-refractivity contribution in [1.29, 1.82) is 0 Å². The minimum Gasteiger partial charge on any atom is -0.347 e. The summed E-state index contributed by atoms with van der Waals surface area (Å²) in [5.74, 6) is 2.05. The van der Waals surface area contributed by atoms with Crippen LogP contribution in [0.2, 0.25) is 0 Å². The van der Waals surface area contributed by atoms with Gasteiger partial charge in [0.05, 0.1) is 13.1 Å². The van der Waals surface area contributed by atoms with Crippen molar-refractivity contribution in [3.8, 4) is 0 Å². The molecule has 0 atom stereocenters. The van der Waals surface area contributed by atoms with Crippen LogP contribution in [0.1, 0.15) is 56.1 Å². The Balaban J connectivity index is 1.04. The van der Waals surface area contributed by atoms with Crippen molar-refractivity contribution >= 4 is 17.7 Å². The fourth-order valence-electron chi connectivity index (χ4n) is 7.15. The molecule has 0 unspecified atom stereocenters. The van der Waals surface area contributed by atoms with Gasteiger partial charge >= 0.3 is 0 Å². The third kappa shape index (κ3) is 4.48. The maximum absolute atomic E-state index is 12.6. The van der Waals surface area contributed by atoms with Gasteiger partial charge in [-0.15, -0.1) is 0 Å². The van der Waals surface area contributed by atoms with Crippen molar-refractivity contribution in [1.82, 2.24) is 15.5 Å². The Morgan fingerprint density at radius 1 is 0.871 bits per heavy atom. The molecule has 4 fully saturated rings. The third-order valence-electron chi connectivity index (χ3n) is 8.07. The Morgan fingerprint density at radius 2 is 1.48 bits per heavy atom. The zero-order valence-corrected chi connectivity index (χ0v) is 18.2. The molecule has 2 N–H and O–H groups in total. The molecule has 6 nitrogen and oxygen atoms in total. The van der Waals surface area contributed by atoms with Crippen LogP contribution in [0, 0.1) is 23.2 Å². The number of nitrogens with zero attached hydrogens (tertiary/aromatic N) is 1. The molecule has 0 radical (unpaired) electrons. The first-order chi connectivity index (χ1) is 15.0. The maximum Gasteiger partial charge on any atom is 0.242 e. The van der Waals surface area contributed by atoms with E-state index in [0.29, 0.717) is 19.5 Å². The van der Waals surface area contributed by atoms with Crippen molar-refractivity contribution in [3.05, 3.63) is 35.4 Å². The number of fused-ring (bicyclic) bond motifs is 1. The van der Waals surface area contributed by atoms with Crippen molar-refractivity contribution in [2.45, 2.75) is 57.9 Å². The Bertz CT molecular complexity index is 845. The molecule has 1 aliphatic heterocycles. The Kier molecular flexibility index (Phi) is 5.49. The van der Waals surface area contributed by atoms with E-state index >= 15 is 0 Å². The zero-order valence-electron chi connectivity index (χ0n) is 18.2. The van der Waals surface area contributed by atoms with E-state index in [9.17, 15) is 14.4 Å². The largest absolute Gasteiger partial charge is 0.347 e. The van der Waals surface area contributed by atoms with Crippen molar-refractivity contribution in [3.63, 3.8) is 0 Å². The summed E-state index contributed by atoms with van der Waals surface area (Å²) in [4.78, 5) is 39.0. The monoisotopic (exact) mass is 423 g/mol. The minimum atomic E-state index is -0.301. The Morgan fingerprint density at radius 3 is 2.16 bits per heavy atom. The molecule has 6 rings (SSSR count). The predicted octanol–water partition coefficient (Wildman–Crippen LogP) is 2.41. The average Bonchev–Trinajstić information content (AvgIpc) is 2.74. The number of carbonyl (C=O) groups excluding carboxylic acids is 3. The second kappa shape index (κ2) is 8.29. The van der Waals surface area contributed by atoms with Gasteiger partial charge in [-0.3, -0.25) is 14.4 Å². The van der Waals surface area contributed by atoms with E-state index in [2.05, 4.69) is 16.7 Å². The standard InChI is InChI=1S/C25H33N3O3/c29-22(13-25-10-17-7-18(11-25)9-19(8-17)12-25)26-14-23(30)27-15-24(31)28-6-5-20-3-1-2-4-21(20)16-28/h1-4,17-19H,5-16H2,(H,26,29)(H,27,30). The topological polar surface area (TPSA) is 78.5 Å². The summed E-state index contributed by atoms with van der Waals surface area (Å²) >= 11 is 0. The van der Waals surface area contributed by atoms with Crippen LogP contribution in [0.3, 0.4) is 0 Å². The lowest BCUT2D eigenvalue weighted by Gasteiger charge is -2.56. The SMILES string of the molecule is O=C(CNC(=O)CC12CC3CC(CC(C3)C1)C2)NCC(=O)N1CCc2ccccc2C1. The third-order valence-corrected chi connectivity index (χ3v) is 8.07. The number of carbonyl (C=O) groups is 3. The van der Waals surface area contributed by atoms with Gasteiger partial charge in [0, 0.05) is 19.5 Å². The average molecular weight is 424 g/mol. The molecule has 3 amide bonds. The van der Waals surface area contributed by atoms with Gasteiger partial charge in [0.15, 0.2) is 0 Å². The summed E-state index contributed by atoms with van der Waals surface area (Å²) in [6.07, 6.45) is 9.04. The summed E-state index contributed by atoms with van der Waals surface area (Å²) in [6.45, 7) is 1.19. The van der Waals surface area contributed by atoms with E-state index in [0.717, 1.165) is 24.2 Å². The van der Waals surface area contributed by atoms with Crippen LogP contribution in [0.5, 0.6) is 0 Å². The number of hydrogen-bond acceptors (Lipinski definition) is 3. The highest BCUT2D eigenvalue weighted by atomic mass is 16.2. The molecular formula is C25H33N3O3. The molecule has 6 heteroatoms. The van der Waals surface area contributed by atoms with Gasteiger partial charge in [0.2, 0.25) is 17.7 Å². The van der Waals surface area contributed by atoms with Gasteiger partial charge in [-0.2, -0.15) is 0 Å². The van der Waals surface area contributed by atoms with Crippen LogP contribution in [0.25, 0.3) is 0 Å². The van der Waals surface area contributed by atoms with Gasteiger partial charge in [0.1, 0.15) is 0 Å². The molecule has 1 heterocycles. The molecule has 0 spiro atoms. The summed E-state index contributed by atoms with van der Waals surface area (Å²) in [6, 6.07) is 8.16. The molecule has 4 bridgehead atoms. The van der Waals surface area contributed by atoms with Gasteiger partial charge in [-0.05, 0) is 79.2 Å². The van der Waals surface area contributed by atoms with Crippen LogP contribution in [0.15, 0.2) is 24.3 Å². The van der Waals surface area contributed by atoms with Crippen LogP contribution in [-0.2, 0) is 27.3 Å². The molecule has 5 aliphatic rings. The quantitative estimate of drug-likeness (QED) is 0.738. The second-order valence-corrected chi connectivity index (χ2v) is 10.5. The van der Waals surface area contributed by atoms with Crippen LogP contribution in [-0.4, -0.2) is 42.3 Å². The smallest absolute Gasteiger partial charge is 0.242 e. The van der Waals surface area contributed by atoms with Crippen LogP contribution in [0.4, 0.5) is 0 Å². The van der Waals surface area contributed by atoms with Gasteiger partial charge in [0.25, 0.3) is 0 Å². The highest BCUT2D eigenvalue weighted by Gasteiger charge is 2.51. The van der Waals surface area contributed by atoms with E-state index in [-0.39, 0.29) is 36.2 Å². The molecule has 166 valence electrons. The number of rotatable bonds is 6. The lowest BCUT2D eigenvalue weighted by molar-refractivity contribution is -0.134. The summed E-state index contributed by atoms with van der Waals surface area (Å²) in [5.41, 5.74) is 2.64. The molecule has 0 saturated heterocycles. The summed E-state index contributed by atoms with van der Waals surface area (Å²) in [7, 11) is 0. The summed E-state index contributed by atoms with van der Waals surface area (Å²) < 4.78 is 0. The van der Waals surface area contributed by atoms with Gasteiger partial charge < -0.3 is 15.5 Å². The van der Waals surface area contributed by atoms with Crippen LogP contribution < -0.4 is 10.6 Å². The number of nitrogens with one attached hydrogen (secondary N) is 2. The summed E-state index contributed by atoms with van der Waals surface area (Å²) in [5, 5.41) is 5.47. The Labute approximate surface area is 184 Å². The molecule has 4 saturated carbocycles. The Hall–Kier alpha value is -2.37. The van der Waals surface area contributed by atoms with Gasteiger partial charge in [-0.1, -0.05) is 24.3 Å². The first kappa shape index (κ1) is 20.5. The van der Waals surface area contributed by atoms with E-state index in [4.69, 9.17) is 0 Å². The predicted molar refractivity (Wildman–Crippen MR) is 117 cm³/mol. The molecule has 31 heavy (non-hydrogen) atoms. The van der Waals surface area contributed by atoms with Crippen molar-refractivity contribution in [2.75, 3.05) is 19.6 Å². The molecule has 1 aromatic carbocycles. The number of benzene rings is 1. The highest BCUT2D eigenvalue weighted by Crippen LogP contribution is 2.61. The van der Waals surface area contributed by atoms with E-state index < -0.39 is 0 Å². The first-order valence-corrected chi connectivity index (χ1v) is 11.9. The van der Waals surface area contributed by atoms with Gasteiger partial charge in [-0.25, -0.2) is 0 Å². The lowest BCUT2D eigenvalue weighted by atomic mass is 9.49. The zero-order chi connectivity index (χ0) is 21.4. The number of amides is 3. The van der Waals surface area contributed by atoms with Crippen molar-refractivity contribution < 1.29 is 14.4 Å². The minimum absolute atomic E-state index is 0.0175. The van der Waals surface area contributed by atoms with Crippen molar-refractivity contribution in [2.24, 2.45) is 23.2 Å². The lowest BCUT2D eigenvalue weighted by Crippen LogP contribution is -2.49. The second-order valence-electron chi connectivity index (χ2n) is 10.5. The molecule has 4 aliphatic carbocycles. The first-order valence-electron chi connectivity index (χ1n) is 11.9. The molecule has 0 aromatic heterocycles. The molecule has 1 aromatic rings. The highest BCUT2D eigenvalue weighted by molar-refractivity contribution is 5.88. The fraction of sp³-hybridized carbons (Fsp3) is 0.640. The maximum atomic E-state index is 12.6. The molecular weight excluding hydrogens is 390 g/mol. The van der Waals surface area contributed by atoms with E-state index in [1.54, 1.807) is 4.90 Å². The van der Waals surface area contributed by atoms with Crippen LogP contribution >= 0.6 is 0 Å². The number of hydrogen-bond donors (Lipinski definition) is 2. The van der Waals surface area contributed by atoms with E-state index in [1.165, 1.54) is 49.7 Å². The van der Waals surface area contributed by atoms with E-state index in [1.807, 2.05) is 18.2 Å². The normalized spacial score (nSPS) is 30.6. The fourth-order valence-corrected chi connectivity index (χ4v) is 7.15.